The number of carbonyl (C=O) groups excluding carboxylic acids is 1. The standard InChI is InChI=1S/C22H19NO4/c24-21(23-19-10-4-9-18(14-19)22(25)26)17-8-5-11-20(15-17)27-13-12-16-6-2-1-3-7-16/h1-11,14-15H,12-13H2,(H,23,24)(H,25,26). The maximum atomic E-state index is 12.4. The van der Waals surface area contributed by atoms with Crippen LogP contribution in [0.3, 0.4) is 0 Å². The summed E-state index contributed by atoms with van der Waals surface area (Å²) in [6, 6.07) is 23.0. The number of rotatable bonds is 7. The van der Waals surface area contributed by atoms with Gasteiger partial charge in [-0.2, -0.15) is 0 Å². The van der Waals surface area contributed by atoms with Crippen LogP contribution in [0.1, 0.15) is 26.3 Å². The molecular weight excluding hydrogens is 342 g/mol. The number of nitrogens with one attached hydrogen (secondary N) is 1. The molecule has 5 heteroatoms. The molecule has 0 heterocycles. The quantitative estimate of drug-likeness (QED) is 0.659. The minimum atomic E-state index is -1.04. The number of hydrogen-bond donors (Lipinski definition) is 2. The second-order valence-electron chi connectivity index (χ2n) is 5.95. The van der Waals surface area contributed by atoms with Gasteiger partial charge in [0.1, 0.15) is 5.75 Å². The van der Waals surface area contributed by atoms with Gasteiger partial charge in [-0.3, -0.25) is 4.79 Å². The SMILES string of the molecule is O=C(O)c1cccc(NC(=O)c2cccc(OCCc3ccccc3)c2)c1. The third kappa shape index (κ3) is 5.19. The second kappa shape index (κ2) is 8.67. The second-order valence-corrected chi connectivity index (χ2v) is 5.95. The van der Waals surface area contributed by atoms with Gasteiger partial charge in [-0.1, -0.05) is 42.5 Å². The zero-order valence-corrected chi connectivity index (χ0v) is 14.6. The molecule has 3 aromatic rings. The van der Waals surface area contributed by atoms with Crippen LogP contribution < -0.4 is 10.1 Å². The number of carbonyl (C=O) groups is 2. The Hall–Kier alpha value is -3.60. The molecule has 3 rings (SSSR count). The lowest BCUT2D eigenvalue weighted by atomic mass is 10.1. The summed E-state index contributed by atoms with van der Waals surface area (Å²) < 4.78 is 5.74. The van der Waals surface area contributed by atoms with Gasteiger partial charge in [-0.15, -0.1) is 0 Å². The number of amides is 1. The van der Waals surface area contributed by atoms with Crippen molar-refractivity contribution in [3.8, 4) is 5.75 Å². The minimum absolute atomic E-state index is 0.116. The first-order valence-corrected chi connectivity index (χ1v) is 8.53. The van der Waals surface area contributed by atoms with E-state index in [0.29, 0.717) is 23.6 Å². The number of aromatic carboxylic acids is 1. The van der Waals surface area contributed by atoms with Crippen LogP contribution in [-0.2, 0) is 6.42 Å². The van der Waals surface area contributed by atoms with Gasteiger partial charge in [-0.05, 0) is 42.0 Å². The average molecular weight is 361 g/mol. The van der Waals surface area contributed by atoms with Crippen LogP contribution in [0.15, 0.2) is 78.9 Å². The van der Waals surface area contributed by atoms with Gasteiger partial charge in [0.15, 0.2) is 0 Å². The number of hydrogen-bond acceptors (Lipinski definition) is 3. The topological polar surface area (TPSA) is 75.6 Å². The van der Waals surface area contributed by atoms with Crippen molar-refractivity contribution in [1.82, 2.24) is 0 Å². The van der Waals surface area contributed by atoms with Gasteiger partial charge in [0.05, 0.1) is 12.2 Å². The molecule has 0 aliphatic carbocycles. The predicted molar refractivity (Wildman–Crippen MR) is 103 cm³/mol. The normalized spacial score (nSPS) is 10.2. The number of carboxylic acid groups (broad SMARTS) is 1. The van der Waals surface area contributed by atoms with E-state index in [1.54, 1.807) is 36.4 Å². The minimum Gasteiger partial charge on any atom is -0.493 e. The van der Waals surface area contributed by atoms with Crippen LogP contribution >= 0.6 is 0 Å². The first kappa shape index (κ1) is 18.2. The van der Waals surface area contributed by atoms with E-state index in [9.17, 15) is 9.59 Å². The Morgan fingerprint density at radius 1 is 0.852 bits per heavy atom. The molecule has 0 fully saturated rings. The molecule has 0 atom stereocenters. The molecule has 3 aromatic carbocycles. The fourth-order valence-electron chi connectivity index (χ4n) is 2.59. The molecule has 0 radical (unpaired) electrons. The van der Waals surface area contributed by atoms with Crippen molar-refractivity contribution in [3.05, 3.63) is 95.6 Å². The lowest BCUT2D eigenvalue weighted by molar-refractivity contribution is 0.0696. The summed E-state index contributed by atoms with van der Waals surface area (Å²) in [5, 5.41) is 11.7. The smallest absolute Gasteiger partial charge is 0.335 e. The predicted octanol–water partition coefficient (Wildman–Crippen LogP) is 4.26. The van der Waals surface area contributed by atoms with Crippen LogP contribution in [0, 0.1) is 0 Å². The van der Waals surface area contributed by atoms with Crippen molar-refractivity contribution in [3.63, 3.8) is 0 Å². The maximum Gasteiger partial charge on any atom is 0.335 e. The van der Waals surface area contributed by atoms with Gasteiger partial charge < -0.3 is 15.2 Å². The maximum absolute atomic E-state index is 12.4. The molecule has 27 heavy (non-hydrogen) atoms. The van der Waals surface area contributed by atoms with E-state index >= 15 is 0 Å². The Morgan fingerprint density at radius 3 is 2.37 bits per heavy atom. The van der Waals surface area contributed by atoms with E-state index in [4.69, 9.17) is 9.84 Å². The Bertz CT molecular complexity index is 938. The summed E-state index contributed by atoms with van der Waals surface area (Å²) in [5.74, 6) is -0.760. The molecule has 2 N–H and O–H groups in total. The zero-order chi connectivity index (χ0) is 19.1. The van der Waals surface area contributed by atoms with Crippen molar-refractivity contribution < 1.29 is 19.4 Å². The highest BCUT2D eigenvalue weighted by Crippen LogP contribution is 2.17. The molecule has 136 valence electrons. The largest absolute Gasteiger partial charge is 0.493 e. The zero-order valence-electron chi connectivity index (χ0n) is 14.6. The monoisotopic (exact) mass is 361 g/mol. The summed E-state index contributed by atoms with van der Waals surface area (Å²) in [4.78, 5) is 23.5. The molecule has 0 saturated carbocycles. The van der Waals surface area contributed by atoms with Gasteiger partial charge >= 0.3 is 5.97 Å². The Balaban J connectivity index is 1.61. The van der Waals surface area contributed by atoms with E-state index in [0.717, 1.165) is 6.42 Å². The van der Waals surface area contributed by atoms with Crippen LogP contribution in [0.5, 0.6) is 5.75 Å². The summed E-state index contributed by atoms with van der Waals surface area (Å²) in [6.07, 6.45) is 0.777. The van der Waals surface area contributed by atoms with Crippen molar-refractivity contribution >= 4 is 17.6 Å². The van der Waals surface area contributed by atoms with E-state index in [1.165, 1.54) is 17.7 Å². The van der Waals surface area contributed by atoms with Crippen molar-refractivity contribution in [2.45, 2.75) is 6.42 Å². The van der Waals surface area contributed by atoms with Crippen LogP contribution in [0.4, 0.5) is 5.69 Å². The number of carboxylic acids is 1. The van der Waals surface area contributed by atoms with Crippen molar-refractivity contribution in [2.75, 3.05) is 11.9 Å². The van der Waals surface area contributed by atoms with Crippen molar-refractivity contribution in [2.24, 2.45) is 0 Å². The molecule has 0 aliphatic rings. The fraction of sp³-hybridized carbons (Fsp3) is 0.0909. The highest BCUT2D eigenvalue weighted by atomic mass is 16.5. The van der Waals surface area contributed by atoms with E-state index in [-0.39, 0.29) is 11.5 Å². The van der Waals surface area contributed by atoms with E-state index < -0.39 is 5.97 Å². The van der Waals surface area contributed by atoms with Crippen molar-refractivity contribution in [1.29, 1.82) is 0 Å². The van der Waals surface area contributed by atoms with Crippen LogP contribution in [0.25, 0.3) is 0 Å². The lowest BCUT2D eigenvalue weighted by Gasteiger charge is -2.09. The highest BCUT2D eigenvalue weighted by molar-refractivity contribution is 6.05. The summed E-state index contributed by atoms with van der Waals surface area (Å²) in [7, 11) is 0. The summed E-state index contributed by atoms with van der Waals surface area (Å²) in [6.45, 7) is 0.510. The van der Waals surface area contributed by atoms with Gasteiger partial charge in [-0.25, -0.2) is 4.79 Å². The molecule has 0 aliphatic heterocycles. The summed E-state index contributed by atoms with van der Waals surface area (Å²) >= 11 is 0. The fourth-order valence-corrected chi connectivity index (χ4v) is 2.59. The molecule has 0 bridgehead atoms. The molecule has 0 spiro atoms. The van der Waals surface area contributed by atoms with Crippen LogP contribution in [-0.4, -0.2) is 23.6 Å². The van der Waals surface area contributed by atoms with E-state index in [1.807, 2.05) is 30.3 Å². The Morgan fingerprint density at radius 2 is 1.59 bits per heavy atom. The molecule has 0 saturated heterocycles. The first-order valence-electron chi connectivity index (χ1n) is 8.53. The third-order valence-corrected chi connectivity index (χ3v) is 3.97. The molecule has 0 unspecified atom stereocenters. The van der Waals surface area contributed by atoms with Gasteiger partial charge in [0.25, 0.3) is 5.91 Å². The number of benzene rings is 3. The molecule has 1 amide bonds. The molecule has 0 aromatic heterocycles. The number of anilines is 1. The molecular formula is C22H19NO4. The van der Waals surface area contributed by atoms with E-state index in [2.05, 4.69) is 5.32 Å². The molecule has 5 nitrogen and oxygen atoms in total. The van der Waals surface area contributed by atoms with Gasteiger partial charge in [0, 0.05) is 17.7 Å². The Labute approximate surface area is 157 Å². The number of ether oxygens (including phenoxy) is 1. The average Bonchev–Trinajstić information content (AvgIpc) is 2.69. The first-order chi connectivity index (χ1) is 13.1. The third-order valence-electron chi connectivity index (χ3n) is 3.97. The van der Waals surface area contributed by atoms with Gasteiger partial charge in [0.2, 0.25) is 0 Å². The van der Waals surface area contributed by atoms with Crippen LogP contribution in [0.2, 0.25) is 0 Å². The highest BCUT2D eigenvalue weighted by Gasteiger charge is 2.09. The summed E-state index contributed by atoms with van der Waals surface area (Å²) in [5.41, 5.74) is 2.17. The Kier molecular flexibility index (Phi) is 5.84. The lowest BCUT2D eigenvalue weighted by Crippen LogP contribution is -2.12.